The Morgan fingerprint density at radius 1 is 0.551 bits per heavy atom. The summed E-state index contributed by atoms with van der Waals surface area (Å²) in [6, 6.07) is 16.8. The fourth-order valence-corrected chi connectivity index (χ4v) is 17.5. The van der Waals surface area contributed by atoms with Gasteiger partial charge in [0.2, 0.25) is 70.9 Å². The number of aliphatic hydroxyl groups is 4. The van der Waals surface area contributed by atoms with Gasteiger partial charge >= 0.3 is 5.97 Å². The van der Waals surface area contributed by atoms with Gasteiger partial charge in [-0.1, -0.05) is 137 Å². The summed E-state index contributed by atoms with van der Waals surface area (Å²) in [6.45, 7) is 3.83. The molecule has 0 bridgehead atoms. The van der Waals surface area contributed by atoms with Crippen molar-refractivity contribution >= 4 is 106 Å². The number of nitrogens with zero attached hydrogens (tertiary/aromatic N) is 5. The number of aliphatic carboxylic acids is 1. The van der Waals surface area contributed by atoms with Crippen molar-refractivity contribution in [3.05, 3.63) is 203 Å². The molecule has 12 amide bonds. The second-order valence-corrected chi connectivity index (χ2v) is 36.1. The number of phenolic OH excluding ortho intramolecular Hbond substituents is 2. The maximum Gasteiger partial charge on any atom is 0.305 e. The lowest BCUT2D eigenvalue weighted by Gasteiger charge is -2.41. The fourth-order valence-electron chi connectivity index (χ4n) is 16.6. The van der Waals surface area contributed by atoms with Crippen LogP contribution in [0.3, 0.4) is 0 Å². The summed E-state index contributed by atoms with van der Waals surface area (Å²) in [5.74, 6) is -19.7. The van der Waals surface area contributed by atoms with Gasteiger partial charge in [-0.25, -0.2) is 13.2 Å². The average molecular weight is 1940 g/mol. The zero-order chi connectivity index (χ0) is 101. The molecule has 6 aromatic carbocycles. The van der Waals surface area contributed by atoms with Crippen molar-refractivity contribution in [3.63, 3.8) is 0 Å². The van der Waals surface area contributed by atoms with Crippen LogP contribution in [-0.2, 0) is 106 Å². The molecule has 42 heteroatoms. The number of fused-ring (bicyclic) bond motifs is 1. The summed E-state index contributed by atoms with van der Waals surface area (Å²) < 4.78 is 44.9. The number of rotatable bonds is 51. The van der Waals surface area contributed by atoms with E-state index in [2.05, 4.69) is 47.5 Å². The van der Waals surface area contributed by atoms with E-state index in [0.29, 0.717) is 75.5 Å². The number of hydrogen-bond donors (Lipinski definition) is 19. The largest absolute Gasteiger partial charge is 0.508 e. The first-order chi connectivity index (χ1) is 65.7. The molecule has 0 saturated carbocycles. The summed E-state index contributed by atoms with van der Waals surface area (Å²) in [5.41, 5.74) is 20.6. The predicted molar refractivity (Wildman–Crippen MR) is 502 cm³/mol. The van der Waals surface area contributed by atoms with E-state index in [1.165, 1.54) is 79.5 Å². The SMILES string of the molecule is CCCC[C@@H](C(O)N1C[C@@H](O)C[C@@H]1C(=O)N[C@H](C=O)CC(=O)O)N(C)C(=O)[C@H](Cc1ccccc1)N(C)C(=O)[C@H](Cc1cc(F)c(F)c(F)c1)NC(=O)CSC[C@H](NC(=O)[C@H](CCCN)NC(=O)[C@H](Cc1ccc(O)cc1)NC(=O)[C@H](Cc1c[nH]c2ccccc12)NC(=O)[C@H]1C[C@H](O)CN1C(=O)[C@H](Cc1ccc(O)cc1)NC(=O)[C@H](Cc1ccccc1)N(C)C(=O)[C@@H](N)C(C)C)C(=O)NCC(N)O. The number of aldehydes is 1. The molecule has 2 saturated heterocycles. The molecule has 17 atom stereocenters. The Labute approximate surface area is 799 Å². The number of nitrogens with one attached hydrogen (secondary N) is 9. The van der Waals surface area contributed by atoms with E-state index < -0.39 is 241 Å². The maximum absolute atomic E-state index is 15.6. The Hall–Kier alpha value is -12.9. The van der Waals surface area contributed by atoms with Gasteiger partial charge in [0.15, 0.2) is 17.5 Å². The fraction of sp³-hybridized carbons (Fsp3) is 0.458. The van der Waals surface area contributed by atoms with Crippen LogP contribution in [-0.4, -0.2) is 310 Å². The number of halogens is 3. The summed E-state index contributed by atoms with van der Waals surface area (Å²) in [6.07, 6.45) is -6.97. The second kappa shape index (κ2) is 52.0. The highest BCUT2D eigenvalue weighted by Gasteiger charge is 2.48. The number of aromatic nitrogens is 1. The molecule has 2 fully saturated rings. The van der Waals surface area contributed by atoms with Gasteiger partial charge in [0.25, 0.3) is 0 Å². The molecule has 0 spiro atoms. The average Bonchev–Trinajstić information content (AvgIpc) is 1.41. The molecule has 2 aliphatic rings. The molecule has 9 rings (SSSR count). The Morgan fingerprint density at radius 3 is 1.64 bits per heavy atom. The van der Waals surface area contributed by atoms with Gasteiger partial charge in [-0.3, -0.25) is 67.2 Å². The topological polar surface area (TPSA) is 587 Å². The standard InChI is InChI=1S/C96H124F3N17O21S/c1-7-8-25-75(95(136)116-49-64(121)44-77(116)90(131)105-60(50-117)43-82(124)125)112(4)94(135)79(41-55-20-13-10-14-21-55)114(6)92(133)72(39-58-35-66(97)83(99)67(98)36-58)106-81(123)52-138-51-74(85(126)104-47-80(101)122)111-86(127)69(24-17-34-100)107-87(128)70(37-56-26-30-61(118)31-27-56)108-88(129)71(42-59-46-103-68-23-16-15-22-65(59)68)109-91(132)78-45-63(120)48-115(78)93(134)73(38-57-28-32-62(119)33-29-57)110-89(130)76(40-54-18-11-9-12-19-54)113(5)96(137)84(102)53(2)3/h9-16,18-23,26-33,35-36,46,50,53,60,63-64,69-80,84,95,103,118-122,136H,7-8,17,24-25,34,37-45,47-49,51-52,100-102H2,1-6H3,(H,104,126)(H,105,131)(H,106,123)(H,107,128)(H,108,129)(H,109,132)(H,110,130)(H,111,127)(H,124,125)/t60-,63-,64-,69-,70-,71-,72-,73-,74-,75-,76-,77+,78+,79-,80?,84-,95?/m0/s1. The smallest absolute Gasteiger partial charge is 0.305 e. The number of β-amino-alcohol motifs (C(OH)–C–C–N with tert-alkyl or cyclic N) is 2. The predicted octanol–water partition coefficient (Wildman–Crippen LogP) is 0.0549. The molecule has 746 valence electrons. The van der Waals surface area contributed by atoms with Crippen LogP contribution >= 0.6 is 11.8 Å². The van der Waals surface area contributed by atoms with Crippen molar-refractivity contribution < 1.29 is 116 Å². The number of amides is 12. The number of H-pyrrole nitrogens is 1. The van der Waals surface area contributed by atoms with Gasteiger partial charge in [-0.2, -0.15) is 0 Å². The van der Waals surface area contributed by atoms with Crippen molar-refractivity contribution in [1.29, 1.82) is 0 Å². The molecule has 2 unspecified atom stereocenters. The summed E-state index contributed by atoms with van der Waals surface area (Å²) >= 11 is 0.663. The molecular weight excluding hydrogens is 1820 g/mol. The maximum atomic E-state index is 15.6. The summed E-state index contributed by atoms with van der Waals surface area (Å²) in [5, 5.41) is 96.4. The van der Waals surface area contributed by atoms with Gasteiger partial charge < -0.3 is 125 Å². The van der Waals surface area contributed by atoms with E-state index in [9.17, 15) is 73.7 Å². The zero-order valence-corrected chi connectivity index (χ0v) is 78.2. The number of carbonyl (C=O) groups excluding carboxylic acids is 13. The van der Waals surface area contributed by atoms with Crippen LogP contribution in [0, 0.1) is 23.4 Å². The highest BCUT2D eigenvalue weighted by atomic mass is 32.2. The van der Waals surface area contributed by atoms with E-state index in [1.807, 2.05) is 6.92 Å². The van der Waals surface area contributed by atoms with Crippen molar-refractivity contribution in [2.24, 2.45) is 23.1 Å². The number of phenols is 2. The minimum absolute atomic E-state index is 0.0153. The molecular formula is C96H124F3N17O21S. The van der Waals surface area contributed by atoms with Crippen molar-refractivity contribution in [2.45, 2.75) is 214 Å². The number of thioether (sulfide) groups is 1. The van der Waals surface area contributed by atoms with Gasteiger partial charge in [0.1, 0.15) is 84.6 Å². The number of aromatic amines is 1. The minimum Gasteiger partial charge on any atom is -0.508 e. The third-order valence-electron chi connectivity index (χ3n) is 24.3. The third-order valence-corrected chi connectivity index (χ3v) is 25.4. The minimum atomic E-state index is -1.87. The Kier molecular flexibility index (Phi) is 41.0. The van der Waals surface area contributed by atoms with Crippen molar-refractivity contribution in [3.8, 4) is 11.5 Å². The summed E-state index contributed by atoms with van der Waals surface area (Å²) in [7, 11) is 3.93. The molecule has 0 aliphatic carbocycles. The lowest BCUT2D eigenvalue weighted by atomic mass is 9.98. The zero-order valence-electron chi connectivity index (χ0n) is 77.4. The lowest BCUT2D eigenvalue weighted by Crippen LogP contribution is -2.61. The van der Waals surface area contributed by atoms with Crippen LogP contribution in [0.5, 0.6) is 11.5 Å². The van der Waals surface area contributed by atoms with Crippen LogP contribution in [0.4, 0.5) is 13.2 Å². The number of likely N-dealkylation sites (tertiary alicyclic amines) is 2. The van der Waals surface area contributed by atoms with Crippen LogP contribution in [0.15, 0.2) is 152 Å². The number of para-hydroxylation sites is 1. The Morgan fingerprint density at radius 2 is 1.07 bits per heavy atom. The van der Waals surface area contributed by atoms with Crippen molar-refractivity contribution in [2.75, 3.05) is 58.8 Å². The van der Waals surface area contributed by atoms with Crippen LogP contribution in [0.2, 0.25) is 0 Å². The first kappa shape index (κ1) is 109. The van der Waals surface area contributed by atoms with E-state index in [-0.39, 0.29) is 100 Å². The van der Waals surface area contributed by atoms with Gasteiger partial charge in [0.05, 0.1) is 55.1 Å². The molecule has 22 N–H and O–H groups in total. The van der Waals surface area contributed by atoms with E-state index in [1.54, 1.807) is 105 Å². The molecule has 38 nitrogen and oxygen atoms in total. The normalized spacial score (nSPS) is 17.6. The van der Waals surface area contributed by atoms with Gasteiger partial charge in [-0.15, -0.1) is 11.8 Å². The van der Waals surface area contributed by atoms with Crippen LogP contribution in [0.25, 0.3) is 10.9 Å². The number of unbranched alkanes of at least 4 members (excludes halogenated alkanes) is 1. The number of likely N-dealkylation sites (N-methyl/N-ethyl adjacent to an activating group) is 3. The number of nitrogens with two attached hydrogens (primary N) is 3. The van der Waals surface area contributed by atoms with Gasteiger partial charge in [-0.05, 0) is 114 Å². The molecule has 2 aliphatic heterocycles. The monoisotopic (exact) mass is 1940 g/mol. The first-order valence-electron chi connectivity index (χ1n) is 45.4. The van der Waals surface area contributed by atoms with Gasteiger partial charge in [0, 0.05) is 102 Å². The number of aliphatic hydroxyl groups excluding tert-OH is 4. The highest BCUT2D eigenvalue weighted by molar-refractivity contribution is 8.00. The molecule has 0 radical (unpaired) electrons. The third kappa shape index (κ3) is 30.8. The van der Waals surface area contributed by atoms with Crippen molar-refractivity contribution in [1.82, 2.24) is 72.0 Å². The quantitative estimate of drug-likeness (QED) is 0.0136. The Bertz CT molecular complexity index is 5330. The molecule has 1 aromatic heterocycles. The van der Waals surface area contributed by atoms with E-state index >= 15 is 42.3 Å². The number of carbonyl (C=O) groups is 14. The van der Waals surface area contributed by atoms with Crippen LogP contribution in [0.1, 0.15) is 106 Å². The van der Waals surface area contributed by atoms with Crippen LogP contribution < -0.4 is 59.7 Å². The highest BCUT2D eigenvalue weighted by Crippen LogP contribution is 2.30. The molecule has 3 heterocycles. The summed E-state index contributed by atoms with van der Waals surface area (Å²) in [4.78, 5) is 211. The lowest BCUT2D eigenvalue weighted by molar-refractivity contribution is -0.152. The number of aromatic hydroxyl groups is 2. The number of benzene rings is 6. The number of carboxylic acids is 1. The Balaban J connectivity index is 0.968. The number of carboxylic acid groups (broad SMARTS) is 1. The van der Waals surface area contributed by atoms with E-state index in [0.717, 1.165) is 14.7 Å². The second-order valence-electron chi connectivity index (χ2n) is 35.1. The molecule has 138 heavy (non-hydrogen) atoms. The molecule has 7 aromatic rings. The first-order valence-corrected chi connectivity index (χ1v) is 46.6. The van der Waals surface area contributed by atoms with E-state index in [4.69, 9.17) is 17.2 Å². The number of hydrogen-bond acceptors (Lipinski definition) is 25.